The Labute approximate surface area is 120 Å². The van der Waals surface area contributed by atoms with Gasteiger partial charge in [-0.1, -0.05) is 17.7 Å². The van der Waals surface area contributed by atoms with E-state index in [-0.39, 0.29) is 0 Å². The molecule has 2 aromatic rings. The van der Waals surface area contributed by atoms with Gasteiger partial charge in [-0.3, -0.25) is 4.98 Å². The van der Waals surface area contributed by atoms with Crippen molar-refractivity contribution in [3.8, 4) is 0 Å². The number of aromatic nitrogens is 1. The number of halogens is 2. The van der Waals surface area contributed by atoms with Crippen molar-refractivity contribution in [2.24, 2.45) is 0 Å². The molecule has 0 atom stereocenters. The van der Waals surface area contributed by atoms with E-state index >= 15 is 0 Å². The van der Waals surface area contributed by atoms with E-state index in [0.717, 1.165) is 34.7 Å². The molecule has 0 saturated heterocycles. The minimum absolute atomic E-state index is 0.825. The highest BCUT2D eigenvalue weighted by atomic mass is 79.9. The summed E-state index contributed by atoms with van der Waals surface area (Å²) in [7, 11) is 0. The molecule has 0 N–H and O–H groups in total. The van der Waals surface area contributed by atoms with Gasteiger partial charge in [-0.05, 0) is 51.7 Å². The number of benzene rings is 1. The van der Waals surface area contributed by atoms with Crippen LogP contribution in [0.15, 0.2) is 41.1 Å². The first-order valence-electron chi connectivity index (χ1n) is 5.85. The molecule has 92 valence electrons. The van der Waals surface area contributed by atoms with Crippen LogP contribution in [0.4, 0.5) is 5.69 Å². The van der Waals surface area contributed by atoms with Crippen molar-refractivity contribution in [3.05, 3.63) is 57.3 Å². The number of rotatable bonds is 1. The fourth-order valence-corrected chi connectivity index (χ4v) is 2.86. The van der Waals surface area contributed by atoms with E-state index in [9.17, 15) is 0 Å². The minimum atomic E-state index is 0.825. The third-order valence-electron chi connectivity index (χ3n) is 3.24. The minimum Gasteiger partial charge on any atom is -0.366 e. The number of anilines is 1. The summed E-state index contributed by atoms with van der Waals surface area (Å²) in [6.45, 7) is 1.93. The predicted molar refractivity (Wildman–Crippen MR) is 78.1 cm³/mol. The lowest BCUT2D eigenvalue weighted by molar-refractivity contribution is 0.730. The number of nitrogens with zero attached hydrogens (tertiary/aromatic N) is 2. The van der Waals surface area contributed by atoms with Gasteiger partial charge in [-0.2, -0.15) is 0 Å². The van der Waals surface area contributed by atoms with E-state index in [1.54, 1.807) is 6.20 Å². The second-order valence-corrected chi connectivity index (χ2v) is 5.80. The third kappa shape index (κ3) is 2.38. The summed E-state index contributed by atoms with van der Waals surface area (Å²) in [6.07, 6.45) is 4.75. The molecule has 0 unspecified atom stereocenters. The van der Waals surface area contributed by atoms with Crippen LogP contribution in [0, 0.1) is 0 Å². The average Bonchev–Trinajstić information content (AvgIpc) is 2.38. The van der Waals surface area contributed by atoms with E-state index in [1.807, 2.05) is 12.3 Å². The Bertz CT molecular complexity index is 586. The standard InChI is InChI=1S/C14H12BrClN2/c15-12-6-14(8-17-7-12)18-4-3-10-5-13(16)2-1-11(10)9-18/h1-2,5-8H,3-4,9H2. The van der Waals surface area contributed by atoms with Crippen LogP contribution in [-0.2, 0) is 13.0 Å². The predicted octanol–water partition coefficient (Wildman–Crippen LogP) is 4.06. The summed E-state index contributed by atoms with van der Waals surface area (Å²) in [5.74, 6) is 0. The molecule has 1 aliphatic rings. The van der Waals surface area contributed by atoms with Gasteiger partial charge in [-0.25, -0.2) is 0 Å². The maximum Gasteiger partial charge on any atom is 0.0567 e. The van der Waals surface area contributed by atoms with Gasteiger partial charge in [-0.15, -0.1) is 0 Å². The Balaban J connectivity index is 1.89. The zero-order valence-electron chi connectivity index (χ0n) is 9.74. The SMILES string of the molecule is Clc1ccc2c(c1)CCN(c1cncc(Br)c1)C2. The summed E-state index contributed by atoms with van der Waals surface area (Å²) < 4.78 is 1.02. The lowest BCUT2D eigenvalue weighted by Crippen LogP contribution is -2.30. The zero-order chi connectivity index (χ0) is 12.5. The second-order valence-electron chi connectivity index (χ2n) is 4.45. The van der Waals surface area contributed by atoms with Crippen molar-refractivity contribution in [2.45, 2.75) is 13.0 Å². The molecular formula is C14H12BrClN2. The van der Waals surface area contributed by atoms with Gasteiger partial charge in [0, 0.05) is 28.8 Å². The monoisotopic (exact) mass is 322 g/mol. The second kappa shape index (κ2) is 4.90. The van der Waals surface area contributed by atoms with E-state index in [0.29, 0.717) is 0 Å². The fraction of sp³-hybridized carbons (Fsp3) is 0.214. The molecule has 0 bridgehead atoms. The molecule has 0 radical (unpaired) electrons. The molecule has 4 heteroatoms. The Kier molecular flexibility index (Phi) is 3.27. The van der Waals surface area contributed by atoms with E-state index in [4.69, 9.17) is 11.6 Å². The maximum atomic E-state index is 6.02. The Morgan fingerprint density at radius 2 is 2.06 bits per heavy atom. The van der Waals surface area contributed by atoms with Gasteiger partial charge in [0.25, 0.3) is 0 Å². The molecule has 18 heavy (non-hydrogen) atoms. The Hall–Kier alpha value is -1.06. The van der Waals surface area contributed by atoms with E-state index in [1.165, 1.54) is 11.1 Å². The summed E-state index contributed by atoms with van der Waals surface area (Å²) in [6, 6.07) is 8.26. The van der Waals surface area contributed by atoms with Crippen LogP contribution in [0.25, 0.3) is 0 Å². The van der Waals surface area contributed by atoms with Gasteiger partial charge in [0.15, 0.2) is 0 Å². The van der Waals surface area contributed by atoms with Crippen molar-refractivity contribution < 1.29 is 0 Å². The highest BCUT2D eigenvalue weighted by Gasteiger charge is 2.17. The number of hydrogen-bond acceptors (Lipinski definition) is 2. The highest BCUT2D eigenvalue weighted by molar-refractivity contribution is 9.10. The first-order chi connectivity index (χ1) is 8.72. The van der Waals surface area contributed by atoms with Crippen LogP contribution >= 0.6 is 27.5 Å². The normalized spacial score (nSPS) is 14.4. The first-order valence-corrected chi connectivity index (χ1v) is 7.02. The summed E-state index contributed by atoms with van der Waals surface area (Å²) >= 11 is 9.48. The van der Waals surface area contributed by atoms with Gasteiger partial charge in [0.1, 0.15) is 0 Å². The molecule has 0 amide bonds. The molecule has 0 fully saturated rings. The molecule has 2 nitrogen and oxygen atoms in total. The van der Waals surface area contributed by atoms with Crippen LogP contribution in [0.3, 0.4) is 0 Å². The lowest BCUT2D eigenvalue weighted by atomic mass is 9.99. The van der Waals surface area contributed by atoms with Gasteiger partial charge in [0.2, 0.25) is 0 Å². The number of pyridine rings is 1. The van der Waals surface area contributed by atoms with Crippen molar-refractivity contribution in [1.82, 2.24) is 4.98 Å². The molecule has 1 aromatic heterocycles. The van der Waals surface area contributed by atoms with Crippen molar-refractivity contribution >= 4 is 33.2 Å². The molecular weight excluding hydrogens is 312 g/mol. The van der Waals surface area contributed by atoms with Crippen molar-refractivity contribution in [3.63, 3.8) is 0 Å². The zero-order valence-corrected chi connectivity index (χ0v) is 12.1. The molecule has 0 aliphatic carbocycles. The van der Waals surface area contributed by atoms with Crippen LogP contribution in [0.5, 0.6) is 0 Å². The van der Waals surface area contributed by atoms with Crippen LogP contribution in [0.1, 0.15) is 11.1 Å². The summed E-state index contributed by atoms with van der Waals surface area (Å²) in [5.41, 5.74) is 3.87. The van der Waals surface area contributed by atoms with Crippen LogP contribution < -0.4 is 4.90 Å². The quantitative estimate of drug-likeness (QED) is 0.787. The molecule has 1 aliphatic heterocycles. The summed E-state index contributed by atoms with van der Waals surface area (Å²) in [4.78, 5) is 6.56. The topological polar surface area (TPSA) is 16.1 Å². The average molecular weight is 324 g/mol. The molecule has 2 heterocycles. The Morgan fingerprint density at radius 1 is 1.17 bits per heavy atom. The smallest absolute Gasteiger partial charge is 0.0567 e. The summed E-state index contributed by atoms with van der Waals surface area (Å²) in [5, 5.41) is 0.825. The van der Waals surface area contributed by atoms with E-state index in [2.05, 4.69) is 44.0 Å². The van der Waals surface area contributed by atoms with Gasteiger partial charge < -0.3 is 4.90 Å². The highest BCUT2D eigenvalue weighted by Crippen LogP contribution is 2.27. The number of hydrogen-bond donors (Lipinski definition) is 0. The van der Waals surface area contributed by atoms with E-state index < -0.39 is 0 Å². The third-order valence-corrected chi connectivity index (χ3v) is 3.90. The molecule has 1 aromatic carbocycles. The van der Waals surface area contributed by atoms with Crippen LogP contribution in [0.2, 0.25) is 5.02 Å². The maximum absolute atomic E-state index is 6.02. The largest absolute Gasteiger partial charge is 0.366 e. The Morgan fingerprint density at radius 3 is 2.89 bits per heavy atom. The number of fused-ring (bicyclic) bond motifs is 1. The van der Waals surface area contributed by atoms with Gasteiger partial charge in [0.05, 0.1) is 11.9 Å². The van der Waals surface area contributed by atoms with Crippen LogP contribution in [-0.4, -0.2) is 11.5 Å². The van der Waals surface area contributed by atoms with Crippen molar-refractivity contribution in [2.75, 3.05) is 11.4 Å². The molecule has 0 saturated carbocycles. The lowest BCUT2D eigenvalue weighted by Gasteiger charge is -2.30. The molecule has 0 spiro atoms. The van der Waals surface area contributed by atoms with Crippen molar-refractivity contribution in [1.29, 1.82) is 0 Å². The van der Waals surface area contributed by atoms with Gasteiger partial charge >= 0.3 is 0 Å². The molecule has 3 rings (SSSR count). The first kappa shape index (κ1) is 12.0. The fourth-order valence-electron chi connectivity index (χ4n) is 2.32.